The Morgan fingerprint density at radius 3 is 2.54 bits per heavy atom. The fourth-order valence-electron chi connectivity index (χ4n) is 1.03. The number of benzene rings is 1. The summed E-state index contributed by atoms with van der Waals surface area (Å²) >= 11 is 0. The van der Waals surface area contributed by atoms with Crippen molar-refractivity contribution in [2.45, 2.75) is 0 Å². The number of aromatic nitrogens is 2. The Kier molecular flexibility index (Phi) is 4.45. The molecule has 2 aromatic rings. The summed E-state index contributed by atoms with van der Waals surface area (Å²) in [6.07, 6.45) is 0.708. The molecule has 0 saturated heterocycles. The van der Waals surface area contributed by atoms with Gasteiger partial charge in [-0.1, -0.05) is 12.1 Å². The molecule has 0 atom stereocenters. The molecule has 0 aliphatic rings. The molecule has 0 amide bonds. The fraction of sp³-hybridized carbons (Fsp3) is 0. The first-order valence-electron chi connectivity index (χ1n) is 3.30. The maximum atomic E-state index is 10.3. The highest BCUT2D eigenvalue weighted by atomic mass is 35.5. The van der Waals surface area contributed by atoms with Crippen LogP contribution in [-0.4, -0.2) is 16.3 Å². The molecule has 1 N–H and O–H groups in total. The average Bonchev–Trinajstić information content (AvgIpc) is 2.46. The Bertz CT molecular complexity index is 367. The number of para-hydroxylation sites is 2. The highest BCUT2D eigenvalue weighted by Crippen LogP contribution is 2.08. The van der Waals surface area contributed by atoms with E-state index in [-0.39, 0.29) is 24.8 Å². The Labute approximate surface area is 87.4 Å². The molecule has 0 aliphatic heterocycles. The first-order chi connectivity index (χ1) is 5.40. The van der Waals surface area contributed by atoms with Crippen molar-refractivity contribution < 1.29 is 4.79 Å². The third-order valence-corrected chi connectivity index (χ3v) is 1.52. The van der Waals surface area contributed by atoms with Crippen LogP contribution in [0.4, 0.5) is 0 Å². The number of carbonyl (C=O) groups excluding carboxylic acids is 1. The van der Waals surface area contributed by atoms with Gasteiger partial charge in [-0.2, -0.15) is 0 Å². The lowest BCUT2D eigenvalue weighted by molar-refractivity contribution is 0.111. The number of hydrogen-bond acceptors (Lipinski definition) is 2. The van der Waals surface area contributed by atoms with Crippen LogP contribution in [0.25, 0.3) is 11.0 Å². The number of carbonyl (C=O) groups is 1. The summed E-state index contributed by atoms with van der Waals surface area (Å²) in [7, 11) is 0. The van der Waals surface area contributed by atoms with Crippen LogP contribution in [0.3, 0.4) is 0 Å². The number of H-pyrrole nitrogens is 1. The van der Waals surface area contributed by atoms with Crippen molar-refractivity contribution in [3.63, 3.8) is 0 Å². The summed E-state index contributed by atoms with van der Waals surface area (Å²) in [5.41, 5.74) is 1.73. The van der Waals surface area contributed by atoms with Crippen molar-refractivity contribution in [2.24, 2.45) is 0 Å². The van der Waals surface area contributed by atoms with Crippen LogP contribution in [0.15, 0.2) is 24.3 Å². The van der Waals surface area contributed by atoms with E-state index in [9.17, 15) is 4.79 Å². The molecule has 3 nitrogen and oxygen atoms in total. The number of halogens is 2. The number of nitrogens with zero attached hydrogens (tertiary/aromatic N) is 1. The zero-order valence-corrected chi connectivity index (χ0v) is 8.19. The molecule has 5 heteroatoms. The van der Waals surface area contributed by atoms with Gasteiger partial charge in [-0.15, -0.1) is 24.8 Å². The second-order valence-electron chi connectivity index (χ2n) is 2.26. The molecule has 2 rings (SSSR count). The maximum Gasteiger partial charge on any atom is 0.185 e. The van der Waals surface area contributed by atoms with Crippen LogP contribution in [-0.2, 0) is 0 Å². The van der Waals surface area contributed by atoms with Gasteiger partial charge in [0.1, 0.15) is 0 Å². The number of hydrogen-bond donors (Lipinski definition) is 1. The molecule has 0 fully saturated rings. The van der Waals surface area contributed by atoms with E-state index >= 15 is 0 Å². The zero-order chi connectivity index (χ0) is 7.68. The lowest BCUT2D eigenvalue weighted by Crippen LogP contribution is -1.78. The Morgan fingerprint density at radius 2 is 1.92 bits per heavy atom. The smallest absolute Gasteiger partial charge is 0.185 e. The highest BCUT2D eigenvalue weighted by molar-refractivity contribution is 5.85. The predicted molar refractivity (Wildman–Crippen MR) is 56.0 cm³/mol. The third-order valence-electron chi connectivity index (χ3n) is 1.52. The lowest BCUT2D eigenvalue weighted by atomic mass is 10.3. The number of aromatic amines is 1. The molecule has 1 aromatic heterocycles. The Balaban J connectivity index is 0.000000720. The molecular weight excluding hydrogens is 211 g/mol. The van der Waals surface area contributed by atoms with Crippen LogP contribution in [0.1, 0.15) is 10.6 Å². The van der Waals surface area contributed by atoms with E-state index in [1.807, 2.05) is 24.3 Å². The molecular formula is C8H8Cl2N2O. The van der Waals surface area contributed by atoms with E-state index in [0.29, 0.717) is 12.1 Å². The van der Waals surface area contributed by atoms with Gasteiger partial charge in [0.05, 0.1) is 11.0 Å². The number of fused-ring (bicyclic) bond motifs is 1. The highest BCUT2D eigenvalue weighted by Gasteiger charge is 1.97. The van der Waals surface area contributed by atoms with E-state index in [2.05, 4.69) is 9.97 Å². The van der Waals surface area contributed by atoms with Crippen molar-refractivity contribution in [3.05, 3.63) is 30.1 Å². The van der Waals surface area contributed by atoms with Crippen LogP contribution in [0.2, 0.25) is 0 Å². The van der Waals surface area contributed by atoms with Crippen molar-refractivity contribution in [2.75, 3.05) is 0 Å². The van der Waals surface area contributed by atoms with E-state index < -0.39 is 0 Å². The van der Waals surface area contributed by atoms with E-state index in [4.69, 9.17) is 0 Å². The van der Waals surface area contributed by atoms with Gasteiger partial charge in [-0.25, -0.2) is 4.98 Å². The molecule has 0 unspecified atom stereocenters. The monoisotopic (exact) mass is 218 g/mol. The molecule has 0 radical (unpaired) electrons. The molecule has 0 bridgehead atoms. The minimum Gasteiger partial charge on any atom is -0.336 e. The SMILES string of the molecule is Cl.Cl.O=Cc1nc2ccccc2[nH]1. The Morgan fingerprint density at radius 1 is 1.23 bits per heavy atom. The number of nitrogens with one attached hydrogen (secondary N) is 1. The van der Waals surface area contributed by atoms with Gasteiger partial charge in [0.15, 0.2) is 12.1 Å². The number of aldehydes is 1. The minimum atomic E-state index is 0. The molecule has 1 heterocycles. The third kappa shape index (κ3) is 2.20. The normalized spacial score (nSPS) is 8.62. The first kappa shape index (κ1) is 11.9. The summed E-state index contributed by atoms with van der Waals surface area (Å²) < 4.78 is 0. The molecule has 13 heavy (non-hydrogen) atoms. The molecule has 0 saturated carbocycles. The van der Waals surface area contributed by atoms with Crippen molar-refractivity contribution in [3.8, 4) is 0 Å². The summed E-state index contributed by atoms with van der Waals surface area (Å²) in [5, 5.41) is 0. The molecule has 0 spiro atoms. The summed E-state index contributed by atoms with van der Waals surface area (Å²) in [6, 6.07) is 7.53. The largest absolute Gasteiger partial charge is 0.336 e. The first-order valence-corrected chi connectivity index (χ1v) is 3.30. The van der Waals surface area contributed by atoms with Gasteiger partial charge in [0, 0.05) is 0 Å². The van der Waals surface area contributed by atoms with Crippen LogP contribution < -0.4 is 0 Å². The van der Waals surface area contributed by atoms with E-state index in [0.717, 1.165) is 11.0 Å². The quantitative estimate of drug-likeness (QED) is 0.747. The van der Waals surface area contributed by atoms with E-state index in [1.165, 1.54) is 0 Å². The zero-order valence-electron chi connectivity index (χ0n) is 6.56. The summed E-state index contributed by atoms with van der Waals surface area (Å²) in [6.45, 7) is 0. The topological polar surface area (TPSA) is 45.8 Å². The van der Waals surface area contributed by atoms with Gasteiger partial charge >= 0.3 is 0 Å². The Hall–Kier alpha value is -1.06. The van der Waals surface area contributed by atoms with Gasteiger partial charge < -0.3 is 4.98 Å². The van der Waals surface area contributed by atoms with Crippen LogP contribution in [0.5, 0.6) is 0 Å². The second kappa shape index (κ2) is 4.84. The minimum absolute atomic E-state index is 0. The number of imidazole rings is 1. The molecule has 70 valence electrons. The predicted octanol–water partition coefficient (Wildman–Crippen LogP) is 2.22. The van der Waals surface area contributed by atoms with Crippen LogP contribution >= 0.6 is 24.8 Å². The van der Waals surface area contributed by atoms with Crippen LogP contribution in [0, 0.1) is 0 Å². The second-order valence-corrected chi connectivity index (χ2v) is 2.26. The standard InChI is InChI=1S/C8H6N2O.2ClH/c11-5-8-9-6-3-1-2-4-7(6)10-8;;/h1-5H,(H,9,10);2*1H. The molecule has 0 aliphatic carbocycles. The van der Waals surface area contributed by atoms with Gasteiger partial charge in [-0.05, 0) is 12.1 Å². The average molecular weight is 219 g/mol. The number of rotatable bonds is 1. The van der Waals surface area contributed by atoms with Gasteiger partial charge in [-0.3, -0.25) is 4.79 Å². The van der Waals surface area contributed by atoms with Crippen molar-refractivity contribution in [1.82, 2.24) is 9.97 Å². The fourth-order valence-corrected chi connectivity index (χ4v) is 1.03. The van der Waals surface area contributed by atoms with Gasteiger partial charge in [0.25, 0.3) is 0 Å². The van der Waals surface area contributed by atoms with Crippen molar-refractivity contribution in [1.29, 1.82) is 0 Å². The lowest BCUT2D eigenvalue weighted by Gasteiger charge is -1.81. The van der Waals surface area contributed by atoms with Gasteiger partial charge in [0.2, 0.25) is 0 Å². The van der Waals surface area contributed by atoms with E-state index in [1.54, 1.807) is 0 Å². The van der Waals surface area contributed by atoms with Crippen molar-refractivity contribution >= 4 is 42.1 Å². The summed E-state index contributed by atoms with van der Waals surface area (Å²) in [5.74, 6) is 0.381. The summed E-state index contributed by atoms with van der Waals surface area (Å²) in [4.78, 5) is 17.2. The molecule has 1 aromatic carbocycles. The maximum absolute atomic E-state index is 10.3.